The molecule has 0 aliphatic carbocycles. The van der Waals surface area contributed by atoms with E-state index >= 15 is 0 Å². The summed E-state index contributed by atoms with van der Waals surface area (Å²) >= 11 is 0. The van der Waals surface area contributed by atoms with E-state index in [0.717, 1.165) is 96.3 Å². The average Bonchev–Trinajstić information content (AvgIpc) is 3.43. The molecular formula is C66H115O11P. The van der Waals surface area contributed by atoms with Gasteiger partial charge < -0.3 is 24.2 Å². The maximum atomic E-state index is 12.9. The van der Waals surface area contributed by atoms with Gasteiger partial charge in [0.15, 0.2) is 6.10 Å². The number of carbonyl (C=O) groups excluding carboxylic acids is 3. The second-order valence-corrected chi connectivity index (χ2v) is 22.3. The first-order chi connectivity index (χ1) is 38.2. The molecule has 0 amide bonds. The molecule has 2 N–H and O–H groups in total. The molecule has 0 radical (unpaired) electrons. The van der Waals surface area contributed by atoms with Gasteiger partial charge in [0.05, 0.1) is 19.8 Å². The van der Waals surface area contributed by atoms with Gasteiger partial charge >= 0.3 is 25.7 Å². The standard InChI is InChI=1S/C66H115O11P/c1-4-7-10-13-16-19-22-25-28-30-31-33-35-37-40-43-46-49-52-55-64(68)73-59-63(77-66(70)57-54-51-48-45-42-39-36-32-29-26-23-20-17-14-11-8-5-2)61-75-78(71,72)74-60-62(58-67)76-65(69)56-53-50-47-44-41-38-34-27-24-21-18-15-12-9-6-3/h9,12,17-18,20-21,25-29,34,41,44,62-63,67H,4-8,10-11,13-16,19,22-24,30-33,35-40,42-43,45-61H2,1-3H3,(H,71,72)/b12-9-,20-17-,21-18-,28-25-,29-26-,34-27-,44-41-. The second-order valence-electron chi connectivity index (χ2n) is 20.8. The molecule has 0 bridgehead atoms. The summed E-state index contributed by atoms with van der Waals surface area (Å²) in [6, 6.07) is 0. The van der Waals surface area contributed by atoms with Gasteiger partial charge in [-0.25, -0.2) is 4.57 Å². The molecule has 0 aromatic rings. The first kappa shape index (κ1) is 74.7. The fourth-order valence-corrected chi connectivity index (χ4v) is 9.27. The van der Waals surface area contributed by atoms with Gasteiger partial charge in [-0.05, 0) is 116 Å². The first-order valence-corrected chi connectivity index (χ1v) is 33.0. The number of phosphoric acid groups is 1. The summed E-state index contributed by atoms with van der Waals surface area (Å²) in [7, 11) is -4.77. The SMILES string of the molecule is CC/C=C\C/C=C\C/C=C\C/C=C\CCCCC(=O)OC(CO)COP(=O)(O)OCC(COC(=O)CCCCCCCCCCC/C=C\CCCCCCCC)OC(=O)CCCCCCCCC/C=C\C/C=C\CCCCC. The van der Waals surface area contributed by atoms with Crippen molar-refractivity contribution in [1.82, 2.24) is 0 Å². The number of aliphatic hydroxyl groups excluding tert-OH is 1. The third-order valence-corrected chi connectivity index (χ3v) is 14.2. The van der Waals surface area contributed by atoms with Gasteiger partial charge in [-0.15, -0.1) is 0 Å². The van der Waals surface area contributed by atoms with Crippen LogP contribution in [0.4, 0.5) is 0 Å². The Morgan fingerprint density at radius 2 is 0.667 bits per heavy atom. The van der Waals surface area contributed by atoms with Crippen molar-refractivity contribution in [1.29, 1.82) is 0 Å². The van der Waals surface area contributed by atoms with E-state index in [1.165, 1.54) is 122 Å². The topological polar surface area (TPSA) is 155 Å². The van der Waals surface area contributed by atoms with Crippen molar-refractivity contribution in [2.24, 2.45) is 0 Å². The van der Waals surface area contributed by atoms with Gasteiger partial charge in [0, 0.05) is 19.3 Å². The maximum absolute atomic E-state index is 12.9. The van der Waals surface area contributed by atoms with E-state index < -0.39 is 57.8 Å². The summed E-state index contributed by atoms with van der Waals surface area (Å²) in [5.74, 6) is -1.51. The number of allylic oxidation sites excluding steroid dienone is 14. The van der Waals surface area contributed by atoms with Crippen molar-refractivity contribution in [3.8, 4) is 0 Å². The second kappa shape index (κ2) is 59.8. The van der Waals surface area contributed by atoms with Crippen LogP contribution in [0, 0.1) is 0 Å². The fourth-order valence-electron chi connectivity index (χ4n) is 8.49. The van der Waals surface area contributed by atoms with Crippen LogP contribution < -0.4 is 0 Å². The average molecular weight is 1120 g/mol. The van der Waals surface area contributed by atoms with Crippen LogP contribution >= 0.6 is 7.82 Å². The van der Waals surface area contributed by atoms with Crippen molar-refractivity contribution < 1.29 is 52.2 Å². The minimum Gasteiger partial charge on any atom is -0.462 e. The highest BCUT2D eigenvalue weighted by atomic mass is 31.2. The normalized spacial score (nSPS) is 13.9. The molecule has 0 aromatic heterocycles. The van der Waals surface area contributed by atoms with Gasteiger partial charge in [0.1, 0.15) is 12.7 Å². The van der Waals surface area contributed by atoms with E-state index in [9.17, 15) is 28.9 Å². The van der Waals surface area contributed by atoms with Gasteiger partial charge in [-0.1, -0.05) is 228 Å². The Labute approximate surface area is 477 Å². The number of esters is 3. The van der Waals surface area contributed by atoms with Crippen LogP contribution in [0.25, 0.3) is 0 Å². The van der Waals surface area contributed by atoms with E-state index in [2.05, 4.69) is 106 Å². The molecule has 450 valence electrons. The van der Waals surface area contributed by atoms with Gasteiger partial charge in [-0.3, -0.25) is 23.4 Å². The van der Waals surface area contributed by atoms with Crippen LogP contribution in [-0.2, 0) is 42.2 Å². The quantitative estimate of drug-likeness (QED) is 0.0197. The molecule has 0 spiro atoms. The van der Waals surface area contributed by atoms with Crippen molar-refractivity contribution in [3.05, 3.63) is 85.1 Å². The minimum atomic E-state index is -4.77. The molecule has 0 rings (SSSR count). The highest BCUT2D eigenvalue weighted by Gasteiger charge is 2.28. The van der Waals surface area contributed by atoms with Crippen molar-refractivity contribution in [2.45, 2.75) is 290 Å². The molecule has 0 saturated carbocycles. The van der Waals surface area contributed by atoms with Crippen LogP contribution in [0.5, 0.6) is 0 Å². The molecule has 0 heterocycles. The molecular weight excluding hydrogens is 1000 g/mol. The Balaban J connectivity index is 4.75. The van der Waals surface area contributed by atoms with Crippen LogP contribution in [0.1, 0.15) is 278 Å². The molecule has 0 aromatic carbocycles. The predicted octanol–water partition coefficient (Wildman–Crippen LogP) is 19.0. The number of hydrogen-bond donors (Lipinski definition) is 2. The Bertz CT molecular complexity index is 1630. The van der Waals surface area contributed by atoms with Gasteiger partial charge in [0.2, 0.25) is 0 Å². The van der Waals surface area contributed by atoms with Crippen LogP contribution in [0.15, 0.2) is 85.1 Å². The summed E-state index contributed by atoms with van der Waals surface area (Å²) in [5.41, 5.74) is 0. The summed E-state index contributed by atoms with van der Waals surface area (Å²) in [6.07, 6.45) is 69.7. The zero-order valence-electron chi connectivity index (χ0n) is 49.9. The van der Waals surface area contributed by atoms with Crippen molar-refractivity contribution in [3.63, 3.8) is 0 Å². The van der Waals surface area contributed by atoms with Crippen molar-refractivity contribution >= 4 is 25.7 Å². The minimum absolute atomic E-state index is 0.122. The lowest BCUT2D eigenvalue weighted by Gasteiger charge is -2.21. The molecule has 0 fully saturated rings. The first-order valence-electron chi connectivity index (χ1n) is 31.5. The summed E-state index contributed by atoms with van der Waals surface area (Å²) in [6.45, 7) is 4.47. The molecule has 12 heteroatoms. The number of rotatable bonds is 58. The summed E-state index contributed by atoms with van der Waals surface area (Å²) in [5, 5.41) is 9.83. The number of unbranched alkanes of at least 4 members (excludes halogenated alkanes) is 27. The highest BCUT2D eigenvalue weighted by Crippen LogP contribution is 2.43. The monoisotopic (exact) mass is 1110 g/mol. The summed E-state index contributed by atoms with van der Waals surface area (Å²) in [4.78, 5) is 48.7. The Morgan fingerprint density at radius 3 is 1.09 bits per heavy atom. The molecule has 11 nitrogen and oxygen atoms in total. The van der Waals surface area contributed by atoms with E-state index in [1.807, 2.05) is 0 Å². The Kier molecular flexibility index (Phi) is 57.2. The molecule has 0 aliphatic heterocycles. The summed E-state index contributed by atoms with van der Waals surface area (Å²) < 4.78 is 39.6. The number of phosphoric ester groups is 1. The predicted molar refractivity (Wildman–Crippen MR) is 325 cm³/mol. The zero-order valence-corrected chi connectivity index (χ0v) is 50.8. The van der Waals surface area contributed by atoms with E-state index in [0.29, 0.717) is 19.3 Å². The maximum Gasteiger partial charge on any atom is 0.472 e. The smallest absolute Gasteiger partial charge is 0.462 e. The Hall–Kier alpha value is -3.34. The number of aliphatic hydroxyl groups is 1. The van der Waals surface area contributed by atoms with Crippen molar-refractivity contribution in [2.75, 3.05) is 26.4 Å². The third-order valence-electron chi connectivity index (χ3n) is 13.3. The number of hydrogen-bond acceptors (Lipinski definition) is 10. The van der Waals surface area contributed by atoms with E-state index in [4.69, 9.17) is 23.3 Å². The number of carbonyl (C=O) groups is 3. The van der Waals surface area contributed by atoms with Crippen LogP contribution in [-0.4, -0.2) is 66.5 Å². The van der Waals surface area contributed by atoms with Gasteiger partial charge in [-0.2, -0.15) is 0 Å². The van der Waals surface area contributed by atoms with E-state index in [-0.39, 0.29) is 25.9 Å². The fraction of sp³-hybridized carbons (Fsp3) is 0.742. The molecule has 3 atom stereocenters. The van der Waals surface area contributed by atoms with Crippen LogP contribution in [0.2, 0.25) is 0 Å². The lowest BCUT2D eigenvalue weighted by atomic mass is 10.1. The molecule has 3 unspecified atom stereocenters. The largest absolute Gasteiger partial charge is 0.472 e. The molecule has 78 heavy (non-hydrogen) atoms. The van der Waals surface area contributed by atoms with Gasteiger partial charge in [0.25, 0.3) is 0 Å². The third kappa shape index (κ3) is 57.3. The Morgan fingerprint density at radius 1 is 0.372 bits per heavy atom. The molecule has 0 aliphatic rings. The lowest BCUT2D eigenvalue weighted by molar-refractivity contribution is -0.161. The highest BCUT2D eigenvalue weighted by molar-refractivity contribution is 7.47. The van der Waals surface area contributed by atoms with Crippen LogP contribution in [0.3, 0.4) is 0 Å². The number of ether oxygens (including phenoxy) is 3. The lowest BCUT2D eigenvalue weighted by Crippen LogP contribution is -2.30. The zero-order chi connectivity index (χ0) is 56.9. The molecule has 0 saturated heterocycles. The van der Waals surface area contributed by atoms with E-state index in [1.54, 1.807) is 0 Å².